The number of fused-ring (bicyclic) bond motifs is 1. The summed E-state index contributed by atoms with van der Waals surface area (Å²) in [6.07, 6.45) is 2.44. The summed E-state index contributed by atoms with van der Waals surface area (Å²) in [5.74, 6) is 1.24. The van der Waals surface area contributed by atoms with Crippen LogP contribution in [0.3, 0.4) is 0 Å². The molecule has 2 aliphatic heterocycles. The number of piperazine rings is 1. The fourth-order valence-corrected chi connectivity index (χ4v) is 4.36. The van der Waals surface area contributed by atoms with Gasteiger partial charge in [-0.15, -0.1) is 0 Å². The number of aliphatic carboxylic acids is 1. The van der Waals surface area contributed by atoms with Crippen LogP contribution in [0.4, 0.5) is 11.4 Å². The maximum Gasteiger partial charge on any atom is 0.309 e. The largest absolute Gasteiger partial charge is 0.494 e. The molecule has 0 bridgehead atoms. The van der Waals surface area contributed by atoms with Crippen LogP contribution >= 0.6 is 0 Å². The second-order valence-electron chi connectivity index (χ2n) is 10.1. The quantitative estimate of drug-likeness (QED) is 0.414. The third-order valence-corrected chi connectivity index (χ3v) is 6.86. The molecule has 9 nitrogen and oxygen atoms in total. The maximum absolute atomic E-state index is 11.5. The molecule has 2 aromatic rings. The van der Waals surface area contributed by atoms with Crippen molar-refractivity contribution in [3.05, 3.63) is 42.5 Å². The lowest BCUT2D eigenvalue weighted by Crippen LogP contribution is -2.46. The highest BCUT2D eigenvalue weighted by atomic mass is 16.5. The lowest BCUT2D eigenvalue weighted by molar-refractivity contribution is -0.147. The van der Waals surface area contributed by atoms with Gasteiger partial charge in [-0.05, 0) is 63.9 Å². The van der Waals surface area contributed by atoms with Gasteiger partial charge in [0.15, 0.2) is 6.61 Å². The molecular formula is C28H37N3O6. The van der Waals surface area contributed by atoms with Gasteiger partial charge in [-0.25, -0.2) is 0 Å². The van der Waals surface area contributed by atoms with Crippen molar-refractivity contribution >= 4 is 23.3 Å². The molecule has 1 amide bonds. The standard InChI is InChI=1S/C28H37N3O6/c1-28(2,27(33)34)11-18-36-25-8-4-3-7-23(25)31-15-13-30(14-16-31)12-5-6-17-35-21-9-10-24-22(19-21)29-26(32)20-37-24/h3-4,7-10,19H,5-6,11-18,20H2,1-2H3,(H,29,32)(H,33,34). The van der Waals surface area contributed by atoms with Crippen molar-refractivity contribution in [1.29, 1.82) is 0 Å². The average molecular weight is 512 g/mol. The number of carbonyl (C=O) groups excluding carboxylic acids is 1. The number of hydrogen-bond acceptors (Lipinski definition) is 7. The number of carbonyl (C=O) groups is 2. The highest BCUT2D eigenvalue weighted by Crippen LogP contribution is 2.32. The molecule has 0 unspecified atom stereocenters. The smallest absolute Gasteiger partial charge is 0.309 e. The number of benzene rings is 2. The van der Waals surface area contributed by atoms with E-state index in [-0.39, 0.29) is 12.5 Å². The summed E-state index contributed by atoms with van der Waals surface area (Å²) in [6, 6.07) is 13.5. The van der Waals surface area contributed by atoms with Crippen LogP contribution < -0.4 is 24.4 Å². The zero-order valence-corrected chi connectivity index (χ0v) is 21.7. The van der Waals surface area contributed by atoms with Gasteiger partial charge in [0.05, 0.1) is 30.0 Å². The first-order valence-electron chi connectivity index (χ1n) is 12.9. The van der Waals surface area contributed by atoms with Crippen molar-refractivity contribution in [2.75, 3.05) is 62.8 Å². The molecule has 0 aromatic heterocycles. The Hall–Kier alpha value is -3.46. The van der Waals surface area contributed by atoms with Crippen LogP contribution in [-0.2, 0) is 9.59 Å². The van der Waals surface area contributed by atoms with Crippen molar-refractivity contribution in [2.24, 2.45) is 5.41 Å². The molecule has 9 heteroatoms. The molecule has 2 aliphatic rings. The fourth-order valence-electron chi connectivity index (χ4n) is 4.36. The Morgan fingerprint density at radius 1 is 1.05 bits per heavy atom. The van der Waals surface area contributed by atoms with Crippen LogP contribution in [-0.4, -0.2) is 74.4 Å². The number of ether oxygens (including phenoxy) is 3. The number of anilines is 2. The highest BCUT2D eigenvalue weighted by Gasteiger charge is 2.27. The molecule has 1 fully saturated rings. The highest BCUT2D eigenvalue weighted by molar-refractivity contribution is 5.95. The monoisotopic (exact) mass is 511 g/mol. The van der Waals surface area contributed by atoms with E-state index in [1.165, 1.54) is 0 Å². The van der Waals surface area contributed by atoms with Gasteiger partial charge in [-0.2, -0.15) is 0 Å². The molecule has 0 atom stereocenters. The summed E-state index contributed by atoms with van der Waals surface area (Å²) in [5.41, 5.74) is 0.914. The Morgan fingerprint density at radius 2 is 1.84 bits per heavy atom. The zero-order chi connectivity index (χ0) is 26.3. The number of para-hydroxylation sites is 2. The number of carboxylic acid groups (broad SMARTS) is 1. The van der Waals surface area contributed by atoms with E-state index in [4.69, 9.17) is 14.2 Å². The predicted molar refractivity (Wildman–Crippen MR) is 142 cm³/mol. The normalized spacial score (nSPS) is 15.9. The molecule has 0 radical (unpaired) electrons. The molecule has 4 rings (SSSR count). The summed E-state index contributed by atoms with van der Waals surface area (Å²) < 4.78 is 17.3. The Balaban J connectivity index is 1.16. The molecular weight excluding hydrogens is 474 g/mol. The number of amides is 1. The molecule has 200 valence electrons. The summed E-state index contributed by atoms with van der Waals surface area (Å²) in [6.45, 7) is 9.30. The third-order valence-electron chi connectivity index (χ3n) is 6.86. The van der Waals surface area contributed by atoms with E-state index in [1.54, 1.807) is 19.9 Å². The van der Waals surface area contributed by atoms with E-state index in [9.17, 15) is 14.7 Å². The van der Waals surface area contributed by atoms with Crippen molar-refractivity contribution in [2.45, 2.75) is 33.1 Å². The Bertz CT molecular complexity index is 1080. The molecule has 0 spiro atoms. The first kappa shape index (κ1) is 26.6. The van der Waals surface area contributed by atoms with E-state index < -0.39 is 11.4 Å². The lowest BCUT2D eigenvalue weighted by atomic mass is 9.90. The SMILES string of the molecule is CC(C)(CCOc1ccccc1N1CCN(CCCCOc2ccc3c(c2)NC(=O)CO3)CC1)C(=O)O. The minimum atomic E-state index is -0.809. The number of rotatable bonds is 12. The fraction of sp³-hybridized carbons (Fsp3) is 0.500. The second kappa shape index (κ2) is 12.2. The number of unbranched alkanes of at least 4 members (excludes halogenated alkanes) is 1. The lowest BCUT2D eigenvalue weighted by Gasteiger charge is -2.36. The van der Waals surface area contributed by atoms with Crippen molar-refractivity contribution in [3.63, 3.8) is 0 Å². The van der Waals surface area contributed by atoms with Crippen LogP contribution in [0, 0.1) is 5.41 Å². The molecule has 37 heavy (non-hydrogen) atoms. The Morgan fingerprint density at radius 3 is 2.62 bits per heavy atom. The maximum atomic E-state index is 11.5. The molecule has 2 N–H and O–H groups in total. The second-order valence-corrected chi connectivity index (χ2v) is 10.1. The molecule has 1 saturated heterocycles. The van der Waals surface area contributed by atoms with E-state index in [0.29, 0.717) is 31.1 Å². The van der Waals surface area contributed by atoms with Crippen LogP contribution in [0.2, 0.25) is 0 Å². The topological polar surface area (TPSA) is 101 Å². The summed E-state index contributed by atoms with van der Waals surface area (Å²) >= 11 is 0. The van der Waals surface area contributed by atoms with Gasteiger partial charge in [0, 0.05) is 32.2 Å². The van der Waals surface area contributed by atoms with Gasteiger partial charge in [-0.3, -0.25) is 14.5 Å². The molecule has 0 aliphatic carbocycles. The number of carboxylic acids is 1. The van der Waals surface area contributed by atoms with Gasteiger partial charge in [-0.1, -0.05) is 12.1 Å². The molecule has 2 aromatic carbocycles. The molecule has 2 heterocycles. The summed E-state index contributed by atoms with van der Waals surface area (Å²) in [4.78, 5) is 27.7. The van der Waals surface area contributed by atoms with Gasteiger partial charge in [0.25, 0.3) is 5.91 Å². The van der Waals surface area contributed by atoms with Gasteiger partial charge in [0.2, 0.25) is 0 Å². The Labute approximate surface area is 218 Å². The third kappa shape index (κ3) is 7.29. The Kier molecular flexibility index (Phi) is 8.76. The summed E-state index contributed by atoms with van der Waals surface area (Å²) in [5, 5.41) is 12.1. The van der Waals surface area contributed by atoms with Gasteiger partial charge >= 0.3 is 5.97 Å². The first-order chi connectivity index (χ1) is 17.8. The number of nitrogens with zero attached hydrogens (tertiary/aromatic N) is 2. The van der Waals surface area contributed by atoms with E-state index in [0.717, 1.165) is 62.8 Å². The van der Waals surface area contributed by atoms with Crippen LogP contribution in [0.1, 0.15) is 33.1 Å². The minimum Gasteiger partial charge on any atom is -0.494 e. The van der Waals surface area contributed by atoms with Gasteiger partial charge in [0.1, 0.15) is 17.2 Å². The number of hydrogen-bond donors (Lipinski definition) is 2. The van der Waals surface area contributed by atoms with E-state index >= 15 is 0 Å². The number of nitrogens with one attached hydrogen (secondary N) is 1. The van der Waals surface area contributed by atoms with Crippen molar-refractivity contribution in [1.82, 2.24) is 4.90 Å². The minimum absolute atomic E-state index is 0.0504. The van der Waals surface area contributed by atoms with Crippen molar-refractivity contribution < 1.29 is 28.9 Å². The molecule has 0 saturated carbocycles. The summed E-state index contributed by atoms with van der Waals surface area (Å²) in [7, 11) is 0. The van der Waals surface area contributed by atoms with Crippen LogP contribution in [0.5, 0.6) is 17.2 Å². The van der Waals surface area contributed by atoms with Gasteiger partial charge < -0.3 is 29.5 Å². The average Bonchev–Trinajstić information content (AvgIpc) is 2.89. The van der Waals surface area contributed by atoms with Crippen LogP contribution in [0.25, 0.3) is 0 Å². The van der Waals surface area contributed by atoms with E-state index in [1.807, 2.05) is 30.3 Å². The first-order valence-corrected chi connectivity index (χ1v) is 12.9. The van der Waals surface area contributed by atoms with Crippen LogP contribution in [0.15, 0.2) is 42.5 Å². The predicted octanol–water partition coefficient (Wildman–Crippen LogP) is 3.88. The van der Waals surface area contributed by atoms with Crippen molar-refractivity contribution in [3.8, 4) is 17.2 Å². The van der Waals surface area contributed by atoms with E-state index in [2.05, 4.69) is 21.2 Å². The zero-order valence-electron chi connectivity index (χ0n) is 21.7.